The standard InChI is InChI=1S/C20H15ClFN3O2S/c21-15-3-1-2-12(11-26)19(15)25-17-8-9-18(24-16(17)10-23-20(25)27)28-14-6-4-13(22)5-7-14/h1-9,26H,10-11H2,(H,23,27). The van der Waals surface area contributed by atoms with Crippen molar-refractivity contribution in [1.29, 1.82) is 0 Å². The fourth-order valence-corrected chi connectivity index (χ4v) is 4.08. The molecule has 4 rings (SSSR count). The Kier molecular flexibility index (Phi) is 5.21. The number of rotatable bonds is 4. The molecule has 5 nitrogen and oxygen atoms in total. The van der Waals surface area contributed by atoms with E-state index in [2.05, 4.69) is 10.3 Å². The highest BCUT2D eigenvalue weighted by Gasteiger charge is 2.29. The maximum Gasteiger partial charge on any atom is 0.326 e. The topological polar surface area (TPSA) is 65.5 Å². The van der Waals surface area contributed by atoms with E-state index in [-0.39, 0.29) is 25.0 Å². The zero-order valence-corrected chi connectivity index (χ0v) is 16.1. The van der Waals surface area contributed by atoms with E-state index < -0.39 is 0 Å². The van der Waals surface area contributed by atoms with Crippen LogP contribution in [0.3, 0.4) is 0 Å². The summed E-state index contributed by atoms with van der Waals surface area (Å²) in [6, 6.07) is 14.5. The Hall–Kier alpha value is -2.61. The molecule has 0 radical (unpaired) electrons. The van der Waals surface area contributed by atoms with Crippen LogP contribution in [-0.4, -0.2) is 16.1 Å². The normalized spacial score (nSPS) is 13.2. The van der Waals surface area contributed by atoms with Gasteiger partial charge in [0, 0.05) is 10.5 Å². The summed E-state index contributed by atoms with van der Waals surface area (Å²) in [6.07, 6.45) is 0. The molecule has 142 valence electrons. The number of fused-ring (bicyclic) bond motifs is 1. The molecular weight excluding hydrogens is 401 g/mol. The largest absolute Gasteiger partial charge is 0.392 e. The van der Waals surface area contributed by atoms with Crippen LogP contribution in [0.1, 0.15) is 11.3 Å². The van der Waals surface area contributed by atoms with Crippen LogP contribution in [-0.2, 0) is 13.2 Å². The minimum absolute atomic E-state index is 0.249. The van der Waals surface area contributed by atoms with Gasteiger partial charge in [-0.25, -0.2) is 14.2 Å². The Balaban J connectivity index is 1.72. The van der Waals surface area contributed by atoms with Crippen molar-refractivity contribution in [2.45, 2.75) is 23.1 Å². The molecule has 0 atom stereocenters. The van der Waals surface area contributed by atoms with E-state index in [1.165, 1.54) is 28.8 Å². The Morgan fingerprint density at radius 1 is 1.18 bits per heavy atom. The number of nitrogens with one attached hydrogen (secondary N) is 1. The number of aromatic nitrogens is 1. The second-order valence-corrected chi connectivity index (χ2v) is 7.57. The fourth-order valence-electron chi connectivity index (χ4n) is 3.00. The molecule has 0 bridgehead atoms. The summed E-state index contributed by atoms with van der Waals surface area (Å²) in [5, 5.41) is 13.5. The molecule has 28 heavy (non-hydrogen) atoms. The first kappa shape index (κ1) is 18.7. The maximum atomic E-state index is 13.1. The van der Waals surface area contributed by atoms with Crippen LogP contribution >= 0.6 is 23.4 Å². The lowest BCUT2D eigenvalue weighted by Crippen LogP contribution is -2.42. The third-order valence-electron chi connectivity index (χ3n) is 4.28. The number of urea groups is 1. The average Bonchev–Trinajstić information content (AvgIpc) is 2.70. The van der Waals surface area contributed by atoms with Crippen molar-refractivity contribution in [2.24, 2.45) is 0 Å². The number of pyridine rings is 1. The summed E-state index contributed by atoms with van der Waals surface area (Å²) < 4.78 is 13.1. The number of aliphatic hydroxyl groups is 1. The number of aliphatic hydroxyl groups excluding tert-OH is 1. The number of halogens is 2. The van der Waals surface area contributed by atoms with Gasteiger partial charge in [0.15, 0.2) is 0 Å². The van der Waals surface area contributed by atoms with E-state index in [0.29, 0.717) is 27.7 Å². The molecule has 0 saturated heterocycles. The van der Waals surface area contributed by atoms with Crippen LogP contribution in [0.4, 0.5) is 20.6 Å². The van der Waals surface area contributed by atoms with Gasteiger partial charge in [0.25, 0.3) is 0 Å². The van der Waals surface area contributed by atoms with Crippen molar-refractivity contribution in [3.63, 3.8) is 0 Å². The van der Waals surface area contributed by atoms with E-state index >= 15 is 0 Å². The predicted octanol–water partition coefficient (Wildman–Crippen LogP) is 4.88. The second kappa shape index (κ2) is 7.79. The smallest absolute Gasteiger partial charge is 0.326 e. The number of carbonyl (C=O) groups is 1. The lowest BCUT2D eigenvalue weighted by Gasteiger charge is -2.31. The molecule has 1 aliphatic rings. The third kappa shape index (κ3) is 3.56. The second-order valence-electron chi connectivity index (χ2n) is 6.07. The quantitative estimate of drug-likeness (QED) is 0.637. The van der Waals surface area contributed by atoms with Gasteiger partial charge in [0.2, 0.25) is 0 Å². The summed E-state index contributed by atoms with van der Waals surface area (Å²) >= 11 is 7.74. The molecule has 0 fully saturated rings. The Bertz CT molecular complexity index is 1050. The van der Waals surface area contributed by atoms with Crippen molar-refractivity contribution in [2.75, 3.05) is 4.90 Å². The minimum Gasteiger partial charge on any atom is -0.392 e. The van der Waals surface area contributed by atoms with Crippen molar-refractivity contribution in [3.8, 4) is 0 Å². The van der Waals surface area contributed by atoms with Gasteiger partial charge in [-0.2, -0.15) is 0 Å². The third-order valence-corrected chi connectivity index (χ3v) is 5.53. The van der Waals surface area contributed by atoms with Gasteiger partial charge in [-0.15, -0.1) is 0 Å². The highest BCUT2D eigenvalue weighted by molar-refractivity contribution is 7.99. The van der Waals surface area contributed by atoms with E-state index in [1.54, 1.807) is 42.5 Å². The molecule has 2 N–H and O–H groups in total. The van der Waals surface area contributed by atoms with Crippen molar-refractivity contribution in [3.05, 3.63) is 76.7 Å². The number of hydrogen-bond acceptors (Lipinski definition) is 4. The molecule has 0 aliphatic carbocycles. The average molecular weight is 416 g/mol. The molecule has 2 aromatic carbocycles. The van der Waals surface area contributed by atoms with Crippen LogP contribution in [0.15, 0.2) is 64.5 Å². The van der Waals surface area contributed by atoms with Gasteiger partial charge in [-0.3, -0.25) is 4.90 Å². The summed E-state index contributed by atoms with van der Waals surface area (Å²) in [6.45, 7) is 0.0301. The molecule has 0 spiro atoms. The number of anilines is 2. The molecule has 1 aromatic heterocycles. The first-order valence-corrected chi connectivity index (χ1v) is 9.66. The fraction of sp³-hybridized carbons (Fsp3) is 0.100. The molecular formula is C20H15ClFN3O2S. The zero-order chi connectivity index (χ0) is 19.7. The number of nitrogens with zero attached hydrogens (tertiary/aromatic N) is 2. The van der Waals surface area contributed by atoms with E-state index in [0.717, 1.165) is 9.92 Å². The van der Waals surface area contributed by atoms with Crippen molar-refractivity contribution >= 4 is 40.8 Å². The molecule has 1 aliphatic heterocycles. The number of para-hydroxylation sites is 1. The predicted molar refractivity (Wildman–Crippen MR) is 107 cm³/mol. The summed E-state index contributed by atoms with van der Waals surface area (Å²) in [5.41, 5.74) is 2.26. The van der Waals surface area contributed by atoms with E-state index in [1.807, 2.05) is 0 Å². The summed E-state index contributed by atoms with van der Waals surface area (Å²) in [4.78, 5) is 19.5. The van der Waals surface area contributed by atoms with Crippen molar-refractivity contribution in [1.82, 2.24) is 10.3 Å². The van der Waals surface area contributed by atoms with Gasteiger partial charge in [-0.1, -0.05) is 35.5 Å². The van der Waals surface area contributed by atoms with Crippen LogP contribution in [0.5, 0.6) is 0 Å². The summed E-state index contributed by atoms with van der Waals surface area (Å²) in [5.74, 6) is -0.291. The van der Waals surface area contributed by atoms with Crippen LogP contribution < -0.4 is 10.2 Å². The first-order valence-electron chi connectivity index (χ1n) is 8.46. The van der Waals surface area contributed by atoms with Gasteiger partial charge in [-0.05, 0) is 42.5 Å². The van der Waals surface area contributed by atoms with E-state index in [9.17, 15) is 14.3 Å². The van der Waals surface area contributed by atoms with Gasteiger partial charge in [0.1, 0.15) is 10.8 Å². The maximum absolute atomic E-state index is 13.1. The lowest BCUT2D eigenvalue weighted by molar-refractivity contribution is 0.246. The van der Waals surface area contributed by atoms with Crippen LogP contribution in [0.25, 0.3) is 0 Å². The monoisotopic (exact) mass is 415 g/mol. The van der Waals surface area contributed by atoms with Crippen molar-refractivity contribution < 1.29 is 14.3 Å². The Morgan fingerprint density at radius 2 is 1.96 bits per heavy atom. The Labute approximate surface area is 170 Å². The number of hydrogen-bond donors (Lipinski definition) is 2. The number of benzene rings is 2. The Morgan fingerprint density at radius 3 is 2.71 bits per heavy atom. The molecule has 2 amide bonds. The zero-order valence-electron chi connectivity index (χ0n) is 14.5. The number of amides is 2. The van der Waals surface area contributed by atoms with Gasteiger partial charge >= 0.3 is 6.03 Å². The first-order chi connectivity index (χ1) is 13.6. The van der Waals surface area contributed by atoms with Crippen LogP contribution in [0, 0.1) is 5.82 Å². The summed E-state index contributed by atoms with van der Waals surface area (Å²) in [7, 11) is 0. The molecule has 2 heterocycles. The highest BCUT2D eigenvalue weighted by atomic mass is 35.5. The molecule has 3 aromatic rings. The minimum atomic E-state index is -0.337. The SMILES string of the molecule is O=C1NCc2nc(Sc3ccc(F)cc3)ccc2N1c1c(Cl)cccc1CO. The number of carbonyl (C=O) groups excluding carboxylic acids is 1. The van der Waals surface area contributed by atoms with Gasteiger partial charge in [0.05, 0.1) is 35.2 Å². The van der Waals surface area contributed by atoms with Gasteiger partial charge < -0.3 is 10.4 Å². The van der Waals surface area contributed by atoms with E-state index in [4.69, 9.17) is 11.6 Å². The molecule has 8 heteroatoms. The van der Waals surface area contributed by atoms with Crippen LogP contribution in [0.2, 0.25) is 5.02 Å². The molecule has 0 unspecified atom stereocenters. The highest BCUT2D eigenvalue weighted by Crippen LogP contribution is 2.39. The lowest BCUT2D eigenvalue weighted by atomic mass is 10.1. The molecule has 0 saturated carbocycles.